The fourth-order valence-corrected chi connectivity index (χ4v) is 1.47. The average Bonchev–Trinajstić information content (AvgIpc) is 2.11. The van der Waals surface area contributed by atoms with Gasteiger partial charge in [0.05, 0.1) is 6.04 Å². The summed E-state index contributed by atoms with van der Waals surface area (Å²) in [5.41, 5.74) is 0. The van der Waals surface area contributed by atoms with Gasteiger partial charge in [-0.1, -0.05) is 41.5 Å². The summed E-state index contributed by atoms with van der Waals surface area (Å²) in [7, 11) is 0. The van der Waals surface area contributed by atoms with E-state index in [1.54, 1.807) is 0 Å². The summed E-state index contributed by atoms with van der Waals surface area (Å²) in [5.74, 6) is 0.501. The van der Waals surface area contributed by atoms with Gasteiger partial charge >= 0.3 is 0 Å². The molecular formula is C13H25NO2. The second kappa shape index (κ2) is 6.66. The zero-order valence-electron chi connectivity index (χ0n) is 11.3. The van der Waals surface area contributed by atoms with Crippen LogP contribution in [-0.2, 0) is 9.59 Å². The molecule has 3 heteroatoms. The number of ketones is 1. The van der Waals surface area contributed by atoms with Crippen molar-refractivity contribution < 1.29 is 9.59 Å². The molecule has 0 aromatic rings. The standard InChI is InChI=1S/C13H25NO2/c1-8(2)7-11(15)12(9(3)4)14-13(16)10(5)6/h8-10,12H,7H2,1-6H3,(H,14,16)/t12-/m0/s1. The van der Waals surface area contributed by atoms with Crippen LogP contribution in [0.1, 0.15) is 48.0 Å². The number of amides is 1. The van der Waals surface area contributed by atoms with Crippen molar-refractivity contribution in [1.29, 1.82) is 0 Å². The first kappa shape index (κ1) is 15.1. The smallest absolute Gasteiger partial charge is 0.223 e. The topological polar surface area (TPSA) is 46.2 Å². The quantitative estimate of drug-likeness (QED) is 0.757. The lowest BCUT2D eigenvalue weighted by atomic mass is 9.93. The highest BCUT2D eigenvalue weighted by Crippen LogP contribution is 2.10. The summed E-state index contributed by atoms with van der Waals surface area (Å²) in [6.07, 6.45) is 0.529. The molecule has 0 aromatic carbocycles. The summed E-state index contributed by atoms with van der Waals surface area (Å²) < 4.78 is 0. The number of nitrogens with one attached hydrogen (secondary N) is 1. The summed E-state index contributed by atoms with van der Waals surface area (Å²) in [4.78, 5) is 23.5. The summed E-state index contributed by atoms with van der Waals surface area (Å²) in [6.45, 7) is 11.6. The fraction of sp³-hybridized carbons (Fsp3) is 0.846. The Morgan fingerprint density at radius 2 is 1.50 bits per heavy atom. The first-order chi connectivity index (χ1) is 7.25. The lowest BCUT2D eigenvalue weighted by molar-refractivity contribution is -0.130. The number of rotatable bonds is 6. The van der Waals surface area contributed by atoms with E-state index in [1.165, 1.54) is 0 Å². The van der Waals surface area contributed by atoms with Gasteiger partial charge in [-0.3, -0.25) is 9.59 Å². The zero-order chi connectivity index (χ0) is 12.9. The van der Waals surface area contributed by atoms with Crippen molar-refractivity contribution in [3.8, 4) is 0 Å². The van der Waals surface area contributed by atoms with Crippen LogP contribution in [0.2, 0.25) is 0 Å². The summed E-state index contributed by atoms with van der Waals surface area (Å²) in [6, 6.07) is -0.336. The molecule has 94 valence electrons. The second-order valence-electron chi connectivity index (χ2n) is 5.45. The van der Waals surface area contributed by atoms with Gasteiger partial charge < -0.3 is 5.32 Å². The third-order valence-corrected chi connectivity index (χ3v) is 2.45. The molecule has 0 heterocycles. The first-order valence-corrected chi connectivity index (χ1v) is 6.08. The van der Waals surface area contributed by atoms with Crippen LogP contribution in [0, 0.1) is 17.8 Å². The molecule has 1 atom stereocenters. The zero-order valence-corrected chi connectivity index (χ0v) is 11.3. The SMILES string of the molecule is CC(C)CC(=O)[C@@H](NC(=O)C(C)C)C(C)C. The van der Waals surface area contributed by atoms with E-state index >= 15 is 0 Å². The van der Waals surface area contributed by atoms with Crippen LogP contribution >= 0.6 is 0 Å². The number of Topliss-reactive ketones (excluding diaryl/α,β-unsaturated/α-hetero) is 1. The molecule has 0 fully saturated rings. The minimum Gasteiger partial charge on any atom is -0.346 e. The van der Waals surface area contributed by atoms with Gasteiger partial charge in [-0.25, -0.2) is 0 Å². The van der Waals surface area contributed by atoms with Gasteiger partial charge in [0.1, 0.15) is 0 Å². The Balaban J connectivity index is 4.50. The van der Waals surface area contributed by atoms with Gasteiger partial charge in [-0.15, -0.1) is 0 Å². The number of hydrogen-bond donors (Lipinski definition) is 1. The molecule has 0 unspecified atom stereocenters. The largest absolute Gasteiger partial charge is 0.346 e. The highest BCUT2D eigenvalue weighted by Gasteiger charge is 2.25. The Bertz CT molecular complexity index is 244. The predicted octanol–water partition coefficient (Wildman–Crippen LogP) is 2.40. The molecular weight excluding hydrogens is 202 g/mol. The van der Waals surface area contributed by atoms with Crippen LogP contribution in [0.4, 0.5) is 0 Å². The van der Waals surface area contributed by atoms with E-state index in [9.17, 15) is 9.59 Å². The van der Waals surface area contributed by atoms with E-state index in [2.05, 4.69) is 5.32 Å². The average molecular weight is 227 g/mol. The van der Waals surface area contributed by atoms with Gasteiger partial charge in [-0.2, -0.15) is 0 Å². The molecule has 0 bridgehead atoms. The minimum absolute atomic E-state index is 0.0455. The van der Waals surface area contributed by atoms with E-state index in [4.69, 9.17) is 0 Å². The molecule has 0 saturated heterocycles. The number of carbonyl (C=O) groups is 2. The van der Waals surface area contributed by atoms with E-state index in [-0.39, 0.29) is 29.6 Å². The van der Waals surface area contributed by atoms with Crippen molar-refractivity contribution in [2.45, 2.75) is 54.0 Å². The van der Waals surface area contributed by atoms with Crippen LogP contribution in [0.3, 0.4) is 0 Å². The molecule has 16 heavy (non-hydrogen) atoms. The van der Waals surface area contributed by atoms with Crippen LogP contribution in [0.5, 0.6) is 0 Å². The van der Waals surface area contributed by atoms with Crippen molar-refractivity contribution in [3.05, 3.63) is 0 Å². The van der Waals surface area contributed by atoms with Crippen LogP contribution in [-0.4, -0.2) is 17.7 Å². The van der Waals surface area contributed by atoms with Crippen LogP contribution in [0.25, 0.3) is 0 Å². The highest BCUT2D eigenvalue weighted by atomic mass is 16.2. The Hall–Kier alpha value is -0.860. The third kappa shape index (κ3) is 5.29. The Morgan fingerprint density at radius 1 is 1.00 bits per heavy atom. The Kier molecular flexibility index (Phi) is 6.31. The molecule has 1 amide bonds. The number of carbonyl (C=O) groups excluding carboxylic acids is 2. The Morgan fingerprint density at radius 3 is 1.81 bits per heavy atom. The van der Waals surface area contributed by atoms with E-state index < -0.39 is 0 Å². The molecule has 0 radical (unpaired) electrons. The fourth-order valence-electron chi connectivity index (χ4n) is 1.47. The van der Waals surface area contributed by atoms with Gasteiger partial charge in [0.2, 0.25) is 5.91 Å². The van der Waals surface area contributed by atoms with Gasteiger partial charge in [-0.05, 0) is 11.8 Å². The van der Waals surface area contributed by atoms with Gasteiger partial charge in [0.25, 0.3) is 0 Å². The van der Waals surface area contributed by atoms with Crippen molar-refractivity contribution in [2.75, 3.05) is 0 Å². The monoisotopic (exact) mass is 227 g/mol. The van der Waals surface area contributed by atoms with Gasteiger partial charge in [0.15, 0.2) is 5.78 Å². The maximum Gasteiger partial charge on any atom is 0.223 e. The Labute approximate surface area is 99.0 Å². The molecule has 0 saturated carbocycles. The minimum atomic E-state index is -0.336. The number of hydrogen-bond acceptors (Lipinski definition) is 2. The van der Waals surface area contributed by atoms with Crippen molar-refractivity contribution in [3.63, 3.8) is 0 Å². The third-order valence-electron chi connectivity index (χ3n) is 2.45. The van der Waals surface area contributed by atoms with Gasteiger partial charge in [0, 0.05) is 12.3 Å². The molecule has 1 N–H and O–H groups in total. The lowest BCUT2D eigenvalue weighted by Crippen LogP contribution is -2.46. The van der Waals surface area contributed by atoms with E-state index in [0.29, 0.717) is 12.3 Å². The first-order valence-electron chi connectivity index (χ1n) is 6.08. The molecule has 3 nitrogen and oxygen atoms in total. The van der Waals surface area contributed by atoms with E-state index in [1.807, 2.05) is 41.5 Å². The normalized spacial score (nSPS) is 13.3. The summed E-state index contributed by atoms with van der Waals surface area (Å²) in [5, 5.41) is 2.83. The summed E-state index contributed by atoms with van der Waals surface area (Å²) >= 11 is 0. The predicted molar refractivity (Wildman–Crippen MR) is 66.1 cm³/mol. The maximum absolute atomic E-state index is 11.9. The van der Waals surface area contributed by atoms with Crippen molar-refractivity contribution in [1.82, 2.24) is 5.32 Å². The molecule has 0 aliphatic carbocycles. The molecule has 0 aliphatic rings. The van der Waals surface area contributed by atoms with Crippen LogP contribution in [0.15, 0.2) is 0 Å². The van der Waals surface area contributed by atoms with Crippen LogP contribution < -0.4 is 5.32 Å². The van der Waals surface area contributed by atoms with E-state index in [0.717, 1.165) is 0 Å². The molecule has 0 spiro atoms. The maximum atomic E-state index is 11.9. The van der Waals surface area contributed by atoms with Crippen molar-refractivity contribution in [2.24, 2.45) is 17.8 Å². The molecule has 0 rings (SSSR count). The second-order valence-corrected chi connectivity index (χ2v) is 5.45. The van der Waals surface area contributed by atoms with Crippen molar-refractivity contribution >= 4 is 11.7 Å². The molecule has 0 aliphatic heterocycles. The highest BCUT2D eigenvalue weighted by molar-refractivity contribution is 5.89. The molecule has 0 aromatic heterocycles. The lowest BCUT2D eigenvalue weighted by Gasteiger charge is -2.23.